The number of carbonyl (C=O) groups excluding carboxylic acids is 4. The number of phenols is 1. The van der Waals surface area contributed by atoms with Crippen molar-refractivity contribution in [3.63, 3.8) is 0 Å². The molecule has 5 aromatic rings. The molecule has 1 unspecified atom stereocenters. The Balaban J connectivity index is 1.18. The van der Waals surface area contributed by atoms with Crippen molar-refractivity contribution < 1.29 is 52.0 Å². The predicted octanol–water partition coefficient (Wildman–Crippen LogP) is 5.94. The van der Waals surface area contributed by atoms with Gasteiger partial charge < -0.3 is 54.4 Å². The summed E-state index contributed by atoms with van der Waals surface area (Å²) in [6.07, 6.45) is 2.29. The molecular weight excluding hydrogens is 1020 g/mol. The second kappa shape index (κ2) is 25.1. The number of amides is 3. The summed E-state index contributed by atoms with van der Waals surface area (Å²) in [5.74, 6) is -2.10. The zero-order valence-corrected chi connectivity index (χ0v) is 46.8. The van der Waals surface area contributed by atoms with E-state index in [0.717, 1.165) is 38.9 Å². The number of nitrogens with zero attached hydrogens (tertiary/aromatic N) is 4. The molecular formula is C58H75N8O11S-. The lowest BCUT2D eigenvalue weighted by molar-refractivity contribution is -0.155. The van der Waals surface area contributed by atoms with Crippen LogP contribution in [0.4, 0.5) is 5.69 Å². The number of hydrazine groups is 1. The highest BCUT2D eigenvalue weighted by molar-refractivity contribution is 7.79. The second-order valence-electron chi connectivity index (χ2n) is 21.8. The van der Waals surface area contributed by atoms with Gasteiger partial charge in [0.25, 0.3) is 11.8 Å². The number of carbonyl (C=O) groups is 4. The molecule has 2 saturated heterocycles. The number of nitrogen functional groups attached to an aromatic ring is 1. The molecule has 19 nitrogen and oxygen atoms in total. The molecule has 0 aliphatic carbocycles. The van der Waals surface area contributed by atoms with Crippen LogP contribution in [0, 0.1) is 11.3 Å². The molecule has 8 rings (SSSR count). The molecule has 78 heavy (non-hydrogen) atoms. The van der Waals surface area contributed by atoms with Gasteiger partial charge in [-0.15, -0.1) is 0 Å². The maximum atomic E-state index is 14.9. The summed E-state index contributed by atoms with van der Waals surface area (Å²) in [5.41, 5.74) is 16.2. The van der Waals surface area contributed by atoms with Gasteiger partial charge in [0, 0.05) is 92.6 Å². The summed E-state index contributed by atoms with van der Waals surface area (Å²) in [6, 6.07) is 17.5. The molecule has 3 aliphatic rings. The van der Waals surface area contributed by atoms with Gasteiger partial charge in [-0.2, -0.15) is 0 Å². The first kappa shape index (κ1) is 57.7. The van der Waals surface area contributed by atoms with Crippen molar-refractivity contribution in [1.82, 2.24) is 35.5 Å². The van der Waals surface area contributed by atoms with Crippen LogP contribution in [0.25, 0.3) is 33.3 Å². The molecule has 20 heteroatoms. The van der Waals surface area contributed by atoms with E-state index in [2.05, 4.69) is 39.7 Å². The number of anilines is 1. The van der Waals surface area contributed by atoms with Crippen LogP contribution in [0.15, 0.2) is 72.9 Å². The molecule has 2 fully saturated rings. The van der Waals surface area contributed by atoms with Crippen LogP contribution in [0.2, 0.25) is 0 Å². The maximum Gasteiger partial charge on any atom is 0.324 e. The Kier molecular flexibility index (Phi) is 18.6. The first-order chi connectivity index (χ1) is 37.3. The quantitative estimate of drug-likeness (QED) is 0.0313. The van der Waals surface area contributed by atoms with E-state index in [1.807, 2.05) is 65.0 Å². The molecule has 0 radical (unpaired) electrons. The van der Waals surface area contributed by atoms with Crippen molar-refractivity contribution in [3.8, 4) is 33.9 Å². The van der Waals surface area contributed by atoms with E-state index in [1.54, 1.807) is 44.6 Å². The van der Waals surface area contributed by atoms with Crippen molar-refractivity contribution in [1.29, 1.82) is 0 Å². The third-order valence-corrected chi connectivity index (χ3v) is 15.6. The Labute approximate surface area is 459 Å². The third kappa shape index (κ3) is 13.2. The number of pyridine rings is 1. The number of fused-ring (bicyclic) bond motifs is 6. The van der Waals surface area contributed by atoms with Crippen molar-refractivity contribution in [3.05, 3.63) is 95.3 Å². The Morgan fingerprint density at radius 1 is 1.05 bits per heavy atom. The standard InChI is InChI=1S/C58H76N8O11S/c1-9-65-49-17-14-38-29-44(49)46(52(65)45-30-42(32-61-50(45)35(4)74-8)75-23-19-60-20-24-78(72)73)31-58(5,6)33-77-57(71)47-11-10-21-66(63-47)55(69)48(27-36-25-39(38)28-41(67)26-36)62-54(68)51(34(2)3)64(7)56(70)53-43(18-22-76-53)37-12-15-40(59)16-13-37/h12-17,25-26,28-30,32,34-35,43,47-48,51,53,60,63,67H,9-11,18-24,27,31,33,59H2,1-8H3,(H,62,68)(H,72,73)/p-1/t35-,43+,47-,48-,51-,53+/m0/s1. The van der Waals surface area contributed by atoms with E-state index in [9.17, 15) is 33.0 Å². The largest absolute Gasteiger partial charge is 0.772 e. The fraction of sp³-hybridized carbons (Fsp3) is 0.500. The van der Waals surface area contributed by atoms with E-state index in [4.69, 9.17) is 29.7 Å². The number of esters is 1. The highest BCUT2D eigenvalue weighted by Crippen LogP contribution is 2.43. The van der Waals surface area contributed by atoms with E-state index in [1.165, 1.54) is 9.91 Å². The molecule has 6 N–H and O–H groups in total. The molecule has 2 aromatic heterocycles. The van der Waals surface area contributed by atoms with Crippen LogP contribution in [0.3, 0.4) is 0 Å². The minimum Gasteiger partial charge on any atom is -0.772 e. The van der Waals surface area contributed by atoms with Crippen LogP contribution in [0.1, 0.15) is 95.2 Å². The Bertz CT molecular complexity index is 3000. The summed E-state index contributed by atoms with van der Waals surface area (Å²) in [6.45, 7) is 14.0. The second-order valence-corrected chi connectivity index (χ2v) is 22.8. The zero-order valence-electron chi connectivity index (χ0n) is 46.0. The number of aromatic hydroxyl groups is 1. The lowest BCUT2D eigenvalue weighted by Crippen LogP contribution is -2.62. The summed E-state index contributed by atoms with van der Waals surface area (Å²) < 4.78 is 48.7. The van der Waals surface area contributed by atoms with Crippen molar-refractivity contribution in [2.75, 3.05) is 65.1 Å². The molecule has 0 saturated carbocycles. The minimum absolute atomic E-state index is 0.00532. The van der Waals surface area contributed by atoms with Gasteiger partial charge in [-0.25, -0.2) is 5.43 Å². The third-order valence-electron chi connectivity index (χ3n) is 15.1. The summed E-state index contributed by atoms with van der Waals surface area (Å²) >= 11 is -2.15. The number of phenolic OH excluding ortho intramolecular Hbond substituents is 1. The monoisotopic (exact) mass is 1090 g/mol. The molecule has 3 aliphatic heterocycles. The predicted molar refractivity (Wildman–Crippen MR) is 297 cm³/mol. The van der Waals surface area contributed by atoms with E-state index in [0.29, 0.717) is 80.2 Å². The Morgan fingerprint density at radius 2 is 1.82 bits per heavy atom. The number of ether oxygens (including phenoxy) is 4. The van der Waals surface area contributed by atoms with Gasteiger partial charge in [-0.1, -0.05) is 63.0 Å². The average Bonchev–Trinajstić information content (AvgIpc) is 4.21. The summed E-state index contributed by atoms with van der Waals surface area (Å²) in [4.78, 5) is 64.6. The van der Waals surface area contributed by atoms with Crippen LogP contribution in [-0.2, 0) is 63.9 Å². The zero-order chi connectivity index (χ0) is 56.0. The molecule has 5 heterocycles. The number of rotatable bonds is 17. The summed E-state index contributed by atoms with van der Waals surface area (Å²) in [5, 5.41) is 19.9. The van der Waals surface area contributed by atoms with E-state index >= 15 is 0 Å². The molecule has 3 amide bonds. The highest BCUT2D eigenvalue weighted by Gasteiger charge is 2.42. The number of hydrogen-bond donors (Lipinski definition) is 5. The lowest BCUT2D eigenvalue weighted by atomic mass is 9.84. The van der Waals surface area contributed by atoms with E-state index in [-0.39, 0.29) is 55.4 Å². The van der Waals surface area contributed by atoms with Crippen molar-refractivity contribution >= 4 is 51.4 Å². The first-order valence-corrected chi connectivity index (χ1v) is 28.2. The number of aromatic nitrogens is 2. The molecule has 0 spiro atoms. The van der Waals surface area contributed by atoms with Gasteiger partial charge in [0.1, 0.15) is 42.3 Å². The molecule has 7 atom stereocenters. The van der Waals surface area contributed by atoms with Crippen LogP contribution >= 0.6 is 0 Å². The average molecular weight is 1090 g/mol. The number of cyclic esters (lactones) is 1. The Morgan fingerprint density at radius 3 is 2.54 bits per heavy atom. The number of aryl methyl sites for hydroxylation is 1. The van der Waals surface area contributed by atoms with E-state index < -0.39 is 64.6 Å². The van der Waals surface area contributed by atoms with Gasteiger partial charge in [0.15, 0.2) is 0 Å². The first-order valence-electron chi connectivity index (χ1n) is 27.0. The van der Waals surface area contributed by atoms with Crippen molar-refractivity contribution in [2.24, 2.45) is 11.3 Å². The Hall–Kier alpha value is -6.42. The smallest absolute Gasteiger partial charge is 0.324 e. The van der Waals surface area contributed by atoms with Gasteiger partial charge in [0.2, 0.25) is 5.91 Å². The molecule has 6 bridgehead atoms. The molecule has 3 aromatic carbocycles. The highest BCUT2D eigenvalue weighted by atomic mass is 32.2. The number of likely N-dealkylation sites (N-methyl/N-ethyl adjacent to an activating group) is 1. The fourth-order valence-corrected chi connectivity index (χ4v) is 11.4. The topological polar surface area (TPSA) is 252 Å². The SMILES string of the molecule is CCn1c(-c2cc(OCCNCCS(=O)[O-])cnc2[C@H](C)OC)c2c3cc(ccc31)-c1cc(O)cc(c1)C[C@H](NC(=O)[C@H](C(C)C)N(C)C(=O)[C@@H]1OCC[C@@H]1c1ccc(N)cc1)C(=O)N1CCC[C@H](N1)C(=O)OCC(C)(C)C2. The van der Waals surface area contributed by atoms with Crippen LogP contribution < -0.4 is 26.5 Å². The number of methoxy groups -OCH3 is 1. The molecule has 420 valence electrons. The van der Waals surface area contributed by atoms with Gasteiger partial charge in [0.05, 0.1) is 30.3 Å². The van der Waals surface area contributed by atoms with Crippen molar-refractivity contribution in [2.45, 2.75) is 116 Å². The van der Waals surface area contributed by atoms with Gasteiger partial charge >= 0.3 is 5.97 Å². The van der Waals surface area contributed by atoms with Crippen LogP contribution in [0.5, 0.6) is 11.5 Å². The number of nitrogens with one attached hydrogen (secondary N) is 3. The fourth-order valence-electron chi connectivity index (χ4n) is 11.1. The maximum absolute atomic E-state index is 14.9. The summed E-state index contributed by atoms with van der Waals surface area (Å²) in [7, 11) is 3.22. The minimum atomic E-state index is -2.15. The normalized spacial score (nSPS) is 20.9. The lowest BCUT2D eigenvalue weighted by Gasteiger charge is -2.37. The van der Waals surface area contributed by atoms with Crippen LogP contribution in [-0.4, -0.2) is 141 Å². The number of hydrogen-bond acceptors (Lipinski definition) is 15. The van der Waals surface area contributed by atoms with Gasteiger partial charge in [-0.05, 0) is 116 Å². The van der Waals surface area contributed by atoms with Gasteiger partial charge in [-0.3, -0.25) is 33.4 Å². The number of nitrogens with two attached hydrogens (primary N) is 1. The number of benzene rings is 3.